The highest BCUT2D eigenvalue weighted by molar-refractivity contribution is 7.98. The van der Waals surface area contributed by atoms with E-state index in [4.69, 9.17) is 4.52 Å². The highest BCUT2D eigenvalue weighted by Crippen LogP contribution is 2.24. The van der Waals surface area contributed by atoms with Gasteiger partial charge in [0, 0.05) is 11.1 Å². The van der Waals surface area contributed by atoms with Gasteiger partial charge in [-0.2, -0.15) is 4.98 Å². The topological polar surface area (TPSA) is 64.7 Å². The van der Waals surface area contributed by atoms with E-state index in [9.17, 15) is 8.78 Å². The molecular formula is C19H12F2N4OS. The van der Waals surface area contributed by atoms with Crippen molar-refractivity contribution < 1.29 is 13.3 Å². The van der Waals surface area contributed by atoms with Gasteiger partial charge in [-0.05, 0) is 60.7 Å². The quantitative estimate of drug-likeness (QED) is 0.464. The van der Waals surface area contributed by atoms with Crippen molar-refractivity contribution in [3.05, 3.63) is 78.2 Å². The van der Waals surface area contributed by atoms with Crippen LogP contribution in [0.1, 0.15) is 5.89 Å². The number of benzene rings is 2. The summed E-state index contributed by atoms with van der Waals surface area (Å²) in [4.78, 5) is 4.29. The minimum Gasteiger partial charge on any atom is -0.338 e. The van der Waals surface area contributed by atoms with Gasteiger partial charge in [0.05, 0.1) is 11.4 Å². The van der Waals surface area contributed by atoms with E-state index in [2.05, 4.69) is 20.3 Å². The predicted molar refractivity (Wildman–Crippen MR) is 96.7 cm³/mol. The molecule has 0 aliphatic heterocycles. The lowest BCUT2D eigenvalue weighted by Gasteiger charge is -2.01. The van der Waals surface area contributed by atoms with Crippen LogP contribution in [-0.4, -0.2) is 20.3 Å². The maximum Gasteiger partial charge on any atom is 0.237 e. The van der Waals surface area contributed by atoms with Crippen LogP contribution in [0.25, 0.3) is 22.6 Å². The summed E-state index contributed by atoms with van der Waals surface area (Å²) in [6.45, 7) is 0. The largest absolute Gasteiger partial charge is 0.338 e. The van der Waals surface area contributed by atoms with Gasteiger partial charge in [0.15, 0.2) is 0 Å². The molecule has 0 radical (unpaired) electrons. The Morgan fingerprint density at radius 3 is 2.07 bits per heavy atom. The van der Waals surface area contributed by atoms with Crippen molar-refractivity contribution >= 4 is 11.8 Å². The van der Waals surface area contributed by atoms with Gasteiger partial charge in [-0.3, -0.25) is 0 Å². The molecule has 0 saturated carbocycles. The van der Waals surface area contributed by atoms with Crippen molar-refractivity contribution in [1.82, 2.24) is 20.3 Å². The lowest BCUT2D eigenvalue weighted by Crippen LogP contribution is -1.90. The van der Waals surface area contributed by atoms with Crippen LogP contribution in [0.2, 0.25) is 0 Å². The molecule has 27 heavy (non-hydrogen) atoms. The molecule has 2 heterocycles. The molecule has 8 heteroatoms. The molecule has 0 aliphatic carbocycles. The van der Waals surface area contributed by atoms with E-state index in [-0.39, 0.29) is 11.6 Å². The first-order chi connectivity index (χ1) is 13.2. The summed E-state index contributed by atoms with van der Waals surface area (Å²) in [6.07, 6.45) is 0. The van der Waals surface area contributed by atoms with E-state index in [1.54, 1.807) is 24.3 Å². The number of nitrogens with zero attached hydrogens (tertiary/aromatic N) is 4. The molecule has 0 atom stereocenters. The lowest BCUT2D eigenvalue weighted by atomic mass is 10.1. The van der Waals surface area contributed by atoms with Crippen LogP contribution in [0.3, 0.4) is 0 Å². The third kappa shape index (κ3) is 4.17. The Balaban J connectivity index is 1.40. The highest BCUT2D eigenvalue weighted by atomic mass is 32.2. The van der Waals surface area contributed by atoms with Crippen LogP contribution in [-0.2, 0) is 5.75 Å². The monoisotopic (exact) mass is 382 g/mol. The van der Waals surface area contributed by atoms with Crippen LogP contribution in [0.5, 0.6) is 0 Å². The molecule has 0 aliphatic rings. The van der Waals surface area contributed by atoms with Gasteiger partial charge in [-0.15, -0.1) is 10.2 Å². The zero-order chi connectivity index (χ0) is 18.6. The maximum absolute atomic E-state index is 13.0. The summed E-state index contributed by atoms with van der Waals surface area (Å²) in [5, 5.41) is 12.9. The average Bonchev–Trinajstić information content (AvgIpc) is 3.17. The second kappa shape index (κ2) is 7.63. The zero-order valence-electron chi connectivity index (χ0n) is 13.8. The number of hydrogen-bond donors (Lipinski definition) is 0. The van der Waals surface area contributed by atoms with Gasteiger partial charge in [0.1, 0.15) is 16.7 Å². The van der Waals surface area contributed by atoms with Gasteiger partial charge in [-0.25, -0.2) is 8.78 Å². The summed E-state index contributed by atoms with van der Waals surface area (Å²) in [7, 11) is 0. The molecule has 0 spiro atoms. The van der Waals surface area contributed by atoms with Crippen molar-refractivity contribution in [1.29, 1.82) is 0 Å². The molecule has 4 rings (SSSR count). The first-order valence-corrected chi connectivity index (χ1v) is 8.97. The van der Waals surface area contributed by atoms with Gasteiger partial charge in [0.2, 0.25) is 11.7 Å². The molecule has 2 aromatic carbocycles. The van der Waals surface area contributed by atoms with Crippen LogP contribution in [0.4, 0.5) is 8.78 Å². The lowest BCUT2D eigenvalue weighted by molar-refractivity contribution is 0.391. The van der Waals surface area contributed by atoms with Crippen LogP contribution in [0.15, 0.2) is 70.2 Å². The third-order valence-corrected chi connectivity index (χ3v) is 4.60. The molecule has 0 unspecified atom stereocenters. The van der Waals surface area contributed by atoms with E-state index in [0.29, 0.717) is 33.8 Å². The van der Waals surface area contributed by atoms with E-state index in [1.807, 2.05) is 12.1 Å². The molecule has 0 N–H and O–H groups in total. The van der Waals surface area contributed by atoms with E-state index in [0.717, 1.165) is 5.56 Å². The molecule has 0 amide bonds. The average molecular weight is 382 g/mol. The van der Waals surface area contributed by atoms with Gasteiger partial charge in [0.25, 0.3) is 0 Å². The number of thioether (sulfide) groups is 1. The SMILES string of the molecule is Fc1ccc(-c2ccc(SCc3nc(-c4ccc(F)cc4)no3)nn2)cc1. The molecule has 4 aromatic rings. The van der Waals surface area contributed by atoms with Gasteiger partial charge < -0.3 is 4.52 Å². The second-order valence-electron chi connectivity index (χ2n) is 5.57. The molecule has 5 nitrogen and oxygen atoms in total. The Kier molecular flexibility index (Phi) is 4.88. The number of aromatic nitrogens is 4. The van der Waals surface area contributed by atoms with Crippen molar-refractivity contribution in [2.45, 2.75) is 10.8 Å². The molecular weight excluding hydrogens is 370 g/mol. The molecule has 0 saturated heterocycles. The summed E-state index contributed by atoms with van der Waals surface area (Å²) in [6, 6.07) is 15.6. The smallest absolute Gasteiger partial charge is 0.237 e. The van der Waals surface area contributed by atoms with E-state index >= 15 is 0 Å². The Morgan fingerprint density at radius 2 is 1.44 bits per heavy atom. The Labute approximate surface area is 157 Å². The molecule has 134 valence electrons. The van der Waals surface area contributed by atoms with Crippen LogP contribution in [0, 0.1) is 11.6 Å². The van der Waals surface area contributed by atoms with Gasteiger partial charge >= 0.3 is 0 Å². The molecule has 0 bridgehead atoms. The van der Waals surface area contributed by atoms with E-state index < -0.39 is 0 Å². The Hall–Kier alpha value is -3.13. The first-order valence-electron chi connectivity index (χ1n) is 7.98. The zero-order valence-corrected chi connectivity index (χ0v) is 14.7. The minimum absolute atomic E-state index is 0.293. The van der Waals surface area contributed by atoms with Crippen molar-refractivity contribution in [2.24, 2.45) is 0 Å². The predicted octanol–water partition coefficient (Wildman–Crippen LogP) is 4.76. The fourth-order valence-corrected chi connectivity index (χ4v) is 2.99. The summed E-state index contributed by atoms with van der Waals surface area (Å²) in [5.74, 6) is 0.657. The van der Waals surface area contributed by atoms with Crippen LogP contribution < -0.4 is 0 Å². The van der Waals surface area contributed by atoms with Gasteiger partial charge in [-0.1, -0.05) is 16.9 Å². The number of hydrogen-bond acceptors (Lipinski definition) is 6. The fourth-order valence-electron chi connectivity index (χ4n) is 2.34. The molecule has 2 aromatic heterocycles. The van der Waals surface area contributed by atoms with Crippen molar-refractivity contribution in [3.63, 3.8) is 0 Å². The van der Waals surface area contributed by atoms with Crippen LogP contribution >= 0.6 is 11.8 Å². The fraction of sp³-hybridized carbons (Fsp3) is 0.0526. The standard InChI is InChI=1S/C19H12F2N4OS/c20-14-5-1-12(2-6-14)16-9-10-18(24-23-16)27-11-17-22-19(25-26-17)13-3-7-15(21)8-4-13/h1-10H,11H2. The number of rotatable bonds is 5. The van der Waals surface area contributed by atoms with Crippen molar-refractivity contribution in [2.75, 3.05) is 0 Å². The first kappa shape index (κ1) is 17.3. The van der Waals surface area contributed by atoms with Crippen molar-refractivity contribution in [3.8, 4) is 22.6 Å². The van der Waals surface area contributed by atoms with E-state index in [1.165, 1.54) is 36.0 Å². The highest BCUT2D eigenvalue weighted by Gasteiger charge is 2.10. The summed E-state index contributed by atoms with van der Waals surface area (Å²) in [5.41, 5.74) is 2.14. The maximum atomic E-state index is 13.0. The number of halogens is 2. The summed E-state index contributed by atoms with van der Waals surface area (Å²) >= 11 is 1.40. The summed E-state index contributed by atoms with van der Waals surface area (Å²) < 4.78 is 31.2. The Bertz CT molecular complexity index is 1030. The third-order valence-electron chi connectivity index (χ3n) is 3.69. The molecule has 0 fully saturated rings. The second-order valence-corrected chi connectivity index (χ2v) is 6.57. The Morgan fingerprint density at radius 1 is 0.778 bits per heavy atom. The minimum atomic E-state index is -0.319. The normalized spacial score (nSPS) is 10.9.